The maximum absolute atomic E-state index is 12.2. The molecule has 0 aromatic heterocycles. The topological polar surface area (TPSA) is 32.3 Å². The number of thioether (sulfide) groups is 1. The lowest BCUT2D eigenvalue weighted by atomic mass is 10.2. The lowest BCUT2D eigenvalue weighted by molar-refractivity contribution is -0.127. The number of nitrogens with one attached hydrogen (secondary N) is 1. The molecule has 0 radical (unpaired) electrons. The van der Waals surface area contributed by atoms with Gasteiger partial charge in [-0.05, 0) is 37.6 Å². The molecule has 20 heavy (non-hydrogen) atoms. The number of carbonyl (C=O) groups excluding carboxylic acids is 1. The molecule has 1 aliphatic rings. The summed E-state index contributed by atoms with van der Waals surface area (Å²) in [5.41, 5.74) is 1.15. The zero-order valence-corrected chi connectivity index (χ0v) is 14.2. The molecule has 3 nitrogen and oxygen atoms in total. The van der Waals surface area contributed by atoms with E-state index in [4.69, 9.17) is 0 Å². The van der Waals surface area contributed by atoms with E-state index in [-0.39, 0.29) is 5.91 Å². The van der Waals surface area contributed by atoms with Gasteiger partial charge in [0.05, 0.1) is 5.75 Å². The van der Waals surface area contributed by atoms with Crippen LogP contribution in [0.1, 0.15) is 18.4 Å². The Labute approximate surface area is 133 Å². The molecule has 110 valence electrons. The van der Waals surface area contributed by atoms with Gasteiger partial charge >= 0.3 is 0 Å². The Hall–Kier alpha value is -0.520. The number of rotatable bonds is 5. The van der Waals surface area contributed by atoms with Gasteiger partial charge in [0.1, 0.15) is 0 Å². The molecule has 1 N–H and O–H groups in total. The van der Waals surface area contributed by atoms with Crippen LogP contribution in [0.2, 0.25) is 0 Å². The number of amides is 1. The Morgan fingerprint density at radius 2 is 2.10 bits per heavy atom. The molecule has 1 amide bonds. The molecule has 1 aromatic rings. The third-order valence-electron chi connectivity index (χ3n) is 3.52. The normalized spacial score (nSPS) is 16.1. The van der Waals surface area contributed by atoms with Crippen molar-refractivity contribution in [3.8, 4) is 0 Å². The van der Waals surface area contributed by atoms with Crippen LogP contribution in [0.5, 0.6) is 0 Å². The quantitative estimate of drug-likeness (QED) is 0.880. The van der Waals surface area contributed by atoms with E-state index in [0.717, 1.165) is 23.1 Å². The first kappa shape index (κ1) is 15.9. The highest BCUT2D eigenvalue weighted by atomic mass is 79.9. The molecule has 1 saturated heterocycles. The van der Waals surface area contributed by atoms with Crippen LogP contribution in [0.25, 0.3) is 0 Å². The number of nitrogens with zero attached hydrogens (tertiary/aromatic N) is 1. The molecule has 0 aliphatic carbocycles. The van der Waals surface area contributed by atoms with Crippen LogP contribution in [-0.2, 0) is 11.3 Å². The maximum Gasteiger partial charge on any atom is 0.232 e. The predicted octanol–water partition coefficient (Wildman–Crippen LogP) is 2.89. The standard InChI is InChI=1S/C15H21BrN2OS/c1-18(10-12-4-2-3-5-14(12)16)15(19)11-20-13-6-8-17-9-7-13/h2-5,13,17H,6-11H2,1H3. The summed E-state index contributed by atoms with van der Waals surface area (Å²) in [4.78, 5) is 14.0. The van der Waals surface area contributed by atoms with Gasteiger partial charge in [-0.1, -0.05) is 34.1 Å². The number of hydrogen-bond donors (Lipinski definition) is 1. The first-order valence-electron chi connectivity index (χ1n) is 6.96. The van der Waals surface area contributed by atoms with Crippen molar-refractivity contribution in [1.82, 2.24) is 10.2 Å². The van der Waals surface area contributed by atoms with Gasteiger partial charge in [-0.15, -0.1) is 11.8 Å². The molecule has 0 atom stereocenters. The van der Waals surface area contributed by atoms with E-state index in [1.807, 2.05) is 36.2 Å². The van der Waals surface area contributed by atoms with Gasteiger partial charge in [0, 0.05) is 23.3 Å². The number of halogens is 1. The minimum atomic E-state index is 0.212. The fourth-order valence-corrected chi connectivity index (χ4v) is 3.81. The fraction of sp³-hybridized carbons (Fsp3) is 0.533. The summed E-state index contributed by atoms with van der Waals surface area (Å²) < 4.78 is 1.06. The molecule has 0 saturated carbocycles. The minimum Gasteiger partial charge on any atom is -0.341 e. The van der Waals surface area contributed by atoms with E-state index < -0.39 is 0 Å². The van der Waals surface area contributed by atoms with E-state index in [1.54, 1.807) is 11.8 Å². The zero-order chi connectivity index (χ0) is 14.4. The molecule has 1 aromatic carbocycles. The Morgan fingerprint density at radius 1 is 1.40 bits per heavy atom. The van der Waals surface area contributed by atoms with Crippen LogP contribution in [-0.4, -0.2) is 41.9 Å². The summed E-state index contributed by atoms with van der Waals surface area (Å²) in [6.07, 6.45) is 2.35. The van der Waals surface area contributed by atoms with Gasteiger partial charge in [-0.3, -0.25) is 4.79 Å². The van der Waals surface area contributed by atoms with Crippen molar-refractivity contribution < 1.29 is 4.79 Å². The molecular formula is C15H21BrN2OS. The summed E-state index contributed by atoms with van der Waals surface area (Å²) in [7, 11) is 1.88. The van der Waals surface area contributed by atoms with Gasteiger partial charge in [0.2, 0.25) is 5.91 Å². The van der Waals surface area contributed by atoms with Crippen LogP contribution in [0.15, 0.2) is 28.7 Å². The zero-order valence-electron chi connectivity index (χ0n) is 11.8. The van der Waals surface area contributed by atoms with Crippen LogP contribution < -0.4 is 5.32 Å². The van der Waals surface area contributed by atoms with Crippen molar-refractivity contribution in [3.05, 3.63) is 34.3 Å². The Balaban J connectivity index is 1.78. The van der Waals surface area contributed by atoms with Crippen molar-refractivity contribution in [1.29, 1.82) is 0 Å². The molecule has 1 fully saturated rings. The van der Waals surface area contributed by atoms with E-state index in [9.17, 15) is 4.79 Å². The van der Waals surface area contributed by atoms with Crippen LogP contribution in [0.3, 0.4) is 0 Å². The van der Waals surface area contributed by atoms with Gasteiger partial charge < -0.3 is 10.2 Å². The van der Waals surface area contributed by atoms with Crippen molar-refractivity contribution in [2.24, 2.45) is 0 Å². The monoisotopic (exact) mass is 356 g/mol. The molecule has 5 heteroatoms. The third-order valence-corrected chi connectivity index (χ3v) is 5.65. The second kappa shape index (κ2) is 8.05. The lowest BCUT2D eigenvalue weighted by Crippen LogP contribution is -2.32. The van der Waals surface area contributed by atoms with Gasteiger partial charge in [0.25, 0.3) is 0 Å². The number of benzene rings is 1. The van der Waals surface area contributed by atoms with E-state index in [1.165, 1.54) is 12.8 Å². The number of carbonyl (C=O) groups is 1. The van der Waals surface area contributed by atoms with E-state index in [2.05, 4.69) is 21.2 Å². The van der Waals surface area contributed by atoms with Crippen LogP contribution in [0, 0.1) is 0 Å². The number of hydrogen-bond acceptors (Lipinski definition) is 3. The fourth-order valence-electron chi connectivity index (χ4n) is 2.23. The van der Waals surface area contributed by atoms with Crippen molar-refractivity contribution in [2.45, 2.75) is 24.6 Å². The third kappa shape index (κ3) is 4.79. The number of piperidine rings is 1. The lowest BCUT2D eigenvalue weighted by Gasteiger charge is -2.23. The van der Waals surface area contributed by atoms with Crippen molar-refractivity contribution in [3.63, 3.8) is 0 Å². The van der Waals surface area contributed by atoms with Gasteiger partial charge in [0.15, 0.2) is 0 Å². The Bertz CT molecular complexity index is 449. The first-order valence-corrected chi connectivity index (χ1v) is 8.80. The maximum atomic E-state index is 12.2. The molecule has 2 rings (SSSR count). The van der Waals surface area contributed by atoms with Crippen LogP contribution >= 0.6 is 27.7 Å². The summed E-state index contributed by atoms with van der Waals surface area (Å²) in [5.74, 6) is 0.801. The second-order valence-corrected chi connectivity index (χ2v) is 7.24. The largest absolute Gasteiger partial charge is 0.341 e. The smallest absolute Gasteiger partial charge is 0.232 e. The molecule has 0 unspecified atom stereocenters. The van der Waals surface area contributed by atoms with Gasteiger partial charge in [-0.2, -0.15) is 0 Å². The molecule has 0 bridgehead atoms. The first-order chi connectivity index (χ1) is 9.66. The highest BCUT2D eigenvalue weighted by Gasteiger charge is 2.17. The summed E-state index contributed by atoms with van der Waals surface area (Å²) >= 11 is 5.33. The molecule has 1 aliphatic heterocycles. The second-order valence-electron chi connectivity index (χ2n) is 5.10. The molecular weight excluding hydrogens is 336 g/mol. The van der Waals surface area contributed by atoms with Gasteiger partial charge in [-0.25, -0.2) is 0 Å². The van der Waals surface area contributed by atoms with Crippen molar-refractivity contribution in [2.75, 3.05) is 25.9 Å². The van der Waals surface area contributed by atoms with E-state index >= 15 is 0 Å². The average molecular weight is 357 g/mol. The highest BCUT2D eigenvalue weighted by molar-refractivity contribution is 9.10. The minimum absolute atomic E-state index is 0.212. The summed E-state index contributed by atoms with van der Waals surface area (Å²) in [5, 5.41) is 3.99. The summed E-state index contributed by atoms with van der Waals surface area (Å²) in [6.45, 7) is 2.82. The van der Waals surface area contributed by atoms with Crippen LogP contribution in [0.4, 0.5) is 0 Å². The SMILES string of the molecule is CN(Cc1ccccc1Br)C(=O)CSC1CCNCC1. The Kier molecular flexibility index (Phi) is 6.39. The van der Waals surface area contributed by atoms with Crippen molar-refractivity contribution >= 4 is 33.6 Å². The average Bonchev–Trinajstić information content (AvgIpc) is 2.48. The van der Waals surface area contributed by atoms with E-state index in [0.29, 0.717) is 17.5 Å². The molecule has 0 spiro atoms. The Morgan fingerprint density at radius 3 is 2.80 bits per heavy atom. The molecule has 1 heterocycles. The predicted molar refractivity (Wildman–Crippen MR) is 89.0 cm³/mol. The summed E-state index contributed by atoms with van der Waals surface area (Å²) in [6, 6.07) is 8.05. The highest BCUT2D eigenvalue weighted by Crippen LogP contribution is 2.21.